The van der Waals surface area contributed by atoms with Gasteiger partial charge in [0.1, 0.15) is 0 Å². The number of aromatic nitrogens is 4. The van der Waals surface area contributed by atoms with Crippen LogP contribution < -0.4 is 5.32 Å². The molecule has 0 fully saturated rings. The van der Waals surface area contributed by atoms with Crippen molar-refractivity contribution in [2.45, 2.75) is 19.9 Å². The second-order valence-corrected chi connectivity index (χ2v) is 2.66. The summed E-state index contributed by atoms with van der Waals surface area (Å²) < 4.78 is 1.74. The Morgan fingerprint density at radius 1 is 1.64 bits per heavy atom. The number of nitrogens with zero attached hydrogens (tertiary/aromatic N) is 4. The number of hydrogen-bond acceptors (Lipinski definition) is 4. The normalized spacial score (nSPS) is 22.0. The molecule has 5 nitrogen and oxygen atoms in total. The van der Waals surface area contributed by atoms with E-state index < -0.39 is 0 Å². The Balaban J connectivity index is 2.45. The average molecular weight is 151 g/mol. The van der Waals surface area contributed by atoms with E-state index in [1.165, 1.54) is 0 Å². The summed E-state index contributed by atoms with van der Waals surface area (Å²) in [5.41, 5.74) is 1.10. The zero-order valence-corrected chi connectivity index (χ0v) is 6.44. The molecule has 2 heterocycles. The van der Waals surface area contributed by atoms with Crippen LogP contribution in [0.4, 0.5) is 5.95 Å². The van der Waals surface area contributed by atoms with Crippen LogP contribution in [0.15, 0.2) is 11.8 Å². The Labute approximate surface area is 64.1 Å². The molecule has 1 atom stereocenters. The standard InChI is InChI=1S/C6H9N5/c1-4-3-5(2)11-6(7-4)8-9-10-11/h3,5H,1-2H3,(H,7,8,10). The number of tetrazole rings is 1. The zero-order chi connectivity index (χ0) is 7.84. The summed E-state index contributed by atoms with van der Waals surface area (Å²) in [6, 6.07) is 0.251. The van der Waals surface area contributed by atoms with Crippen molar-refractivity contribution in [3.63, 3.8) is 0 Å². The minimum absolute atomic E-state index is 0.251. The molecule has 1 aromatic rings. The third-order valence-corrected chi connectivity index (χ3v) is 1.68. The number of fused-ring (bicyclic) bond motifs is 1. The number of rotatable bonds is 0. The fraction of sp³-hybridized carbons (Fsp3) is 0.500. The molecule has 1 aliphatic rings. The highest BCUT2D eigenvalue weighted by atomic mass is 15.6. The number of anilines is 1. The van der Waals surface area contributed by atoms with Gasteiger partial charge in [-0.15, -0.1) is 0 Å². The third kappa shape index (κ3) is 0.886. The summed E-state index contributed by atoms with van der Waals surface area (Å²) in [6.07, 6.45) is 2.07. The molecule has 0 amide bonds. The van der Waals surface area contributed by atoms with Gasteiger partial charge in [0, 0.05) is 5.70 Å². The van der Waals surface area contributed by atoms with E-state index in [0.717, 1.165) is 11.6 Å². The molecule has 2 rings (SSSR count). The molecule has 5 heteroatoms. The Morgan fingerprint density at radius 3 is 3.27 bits per heavy atom. The maximum absolute atomic E-state index is 3.82. The van der Waals surface area contributed by atoms with Crippen LogP contribution in [0.5, 0.6) is 0 Å². The molecule has 0 aliphatic carbocycles. The molecule has 1 unspecified atom stereocenters. The van der Waals surface area contributed by atoms with Crippen LogP contribution in [0.25, 0.3) is 0 Å². The van der Waals surface area contributed by atoms with Crippen molar-refractivity contribution in [2.75, 3.05) is 5.32 Å². The zero-order valence-electron chi connectivity index (χ0n) is 6.44. The molecule has 0 radical (unpaired) electrons. The highest BCUT2D eigenvalue weighted by molar-refractivity contribution is 5.36. The second-order valence-electron chi connectivity index (χ2n) is 2.66. The Kier molecular flexibility index (Phi) is 1.18. The van der Waals surface area contributed by atoms with Gasteiger partial charge in [0.25, 0.3) is 0 Å². The molecule has 1 N–H and O–H groups in total. The minimum atomic E-state index is 0.251. The fourth-order valence-corrected chi connectivity index (χ4v) is 1.20. The predicted octanol–water partition coefficient (Wildman–Crippen LogP) is 0.563. The van der Waals surface area contributed by atoms with Crippen LogP contribution in [0, 0.1) is 0 Å². The third-order valence-electron chi connectivity index (χ3n) is 1.68. The molecular formula is C6H9N5. The topological polar surface area (TPSA) is 55.6 Å². The first-order valence-electron chi connectivity index (χ1n) is 3.50. The van der Waals surface area contributed by atoms with E-state index in [-0.39, 0.29) is 6.04 Å². The molecule has 0 aromatic carbocycles. The van der Waals surface area contributed by atoms with E-state index >= 15 is 0 Å². The van der Waals surface area contributed by atoms with Crippen molar-refractivity contribution in [2.24, 2.45) is 0 Å². The monoisotopic (exact) mass is 151 g/mol. The summed E-state index contributed by atoms with van der Waals surface area (Å²) in [4.78, 5) is 0. The summed E-state index contributed by atoms with van der Waals surface area (Å²) >= 11 is 0. The molecule has 0 saturated carbocycles. The van der Waals surface area contributed by atoms with Crippen molar-refractivity contribution in [1.29, 1.82) is 0 Å². The van der Waals surface area contributed by atoms with Crippen LogP contribution in [0.1, 0.15) is 19.9 Å². The van der Waals surface area contributed by atoms with Gasteiger partial charge in [0.15, 0.2) is 0 Å². The van der Waals surface area contributed by atoms with E-state index in [2.05, 4.69) is 26.9 Å². The molecule has 1 aliphatic heterocycles. The van der Waals surface area contributed by atoms with Crippen molar-refractivity contribution in [1.82, 2.24) is 20.2 Å². The van der Waals surface area contributed by atoms with Gasteiger partial charge in [-0.05, 0) is 30.4 Å². The summed E-state index contributed by atoms with van der Waals surface area (Å²) in [6.45, 7) is 4.04. The van der Waals surface area contributed by atoms with Crippen molar-refractivity contribution in [3.8, 4) is 0 Å². The van der Waals surface area contributed by atoms with Gasteiger partial charge in [-0.3, -0.25) is 0 Å². The maximum Gasteiger partial charge on any atom is 0.247 e. The number of nitrogens with one attached hydrogen (secondary N) is 1. The SMILES string of the molecule is CC1=CC(C)n2nnnc2N1. The highest BCUT2D eigenvalue weighted by Crippen LogP contribution is 2.19. The Hall–Kier alpha value is -1.39. The van der Waals surface area contributed by atoms with Crippen LogP contribution in [-0.2, 0) is 0 Å². The van der Waals surface area contributed by atoms with E-state index in [1.807, 2.05) is 13.8 Å². The van der Waals surface area contributed by atoms with Gasteiger partial charge in [-0.25, -0.2) is 4.68 Å². The van der Waals surface area contributed by atoms with Crippen molar-refractivity contribution in [3.05, 3.63) is 11.8 Å². The van der Waals surface area contributed by atoms with Crippen LogP contribution >= 0.6 is 0 Å². The van der Waals surface area contributed by atoms with E-state index in [9.17, 15) is 0 Å². The van der Waals surface area contributed by atoms with Crippen molar-refractivity contribution >= 4 is 5.95 Å². The maximum atomic E-state index is 3.82. The van der Waals surface area contributed by atoms with E-state index in [4.69, 9.17) is 0 Å². The molecule has 11 heavy (non-hydrogen) atoms. The molecular weight excluding hydrogens is 142 g/mol. The molecule has 0 saturated heterocycles. The van der Waals surface area contributed by atoms with Crippen molar-refractivity contribution < 1.29 is 0 Å². The largest absolute Gasteiger partial charge is 0.327 e. The summed E-state index contributed by atoms with van der Waals surface area (Å²) in [5.74, 6) is 0.720. The lowest BCUT2D eigenvalue weighted by Crippen LogP contribution is -2.16. The Bertz CT molecular complexity index is 300. The minimum Gasteiger partial charge on any atom is -0.327 e. The quantitative estimate of drug-likeness (QED) is 0.588. The molecule has 1 aromatic heterocycles. The first kappa shape index (κ1) is 6.33. The lowest BCUT2D eigenvalue weighted by atomic mass is 10.2. The molecule has 58 valence electrons. The average Bonchev–Trinajstić information content (AvgIpc) is 2.34. The summed E-state index contributed by atoms with van der Waals surface area (Å²) in [7, 11) is 0. The smallest absolute Gasteiger partial charge is 0.247 e. The van der Waals surface area contributed by atoms with Gasteiger partial charge in [-0.1, -0.05) is 5.10 Å². The number of hydrogen-bond donors (Lipinski definition) is 1. The molecule has 0 bridgehead atoms. The van der Waals surface area contributed by atoms with Crippen LogP contribution in [0.2, 0.25) is 0 Å². The lowest BCUT2D eigenvalue weighted by molar-refractivity contribution is 0.552. The summed E-state index contributed by atoms with van der Waals surface area (Å²) in [5, 5.41) is 14.2. The first-order chi connectivity index (χ1) is 5.27. The van der Waals surface area contributed by atoms with Gasteiger partial charge in [0.2, 0.25) is 5.95 Å². The van der Waals surface area contributed by atoms with Crippen LogP contribution in [-0.4, -0.2) is 20.2 Å². The highest BCUT2D eigenvalue weighted by Gasteiger charge is 2.15. The first-order valence-corrected chi connectivity index (χ1v) is 3.50. The number of allylic oxidation sites excluding steroid dienone is 2. The predicted molar refractivity (Wildman–Crippen MR) is 39.9 cm³/mol. The van der Waals surface area contributed by atoms with Gasteiger partial charge in [-0.2, -0.15) is 0 Å². The van der Waals surface area contributed by atoms with E-state index in [1.54, 1.807) is 4.68 Å². The molecule has 0 spiro atoms. The van der Waals surface area contributed by atoms with Gasteiger partial charge >= 0.3 is 0 Å². The van der Waals surface area contributed by atoms with E-state index in [0.29, 0.717) is 0 Å². The Morgan fingerprint density at radius 2 is 2.45 bits per heavy atom. The second kappa shape index (κ2) is 2.05. The van der Waals surface area contributed by atoms with Gasteiger partial charge < -0.3 is 5.32 Å². The van der Waals surface area contributed by atoms with Crippen LogP contribution in [0.3, 0.4) is 0 Å². The fourth-order valence-electron chi connectivity index (χ4n) is 1.20. The van der Waals surface area contributed by atoms with Gasteiger partial charge in [0.05, 0.1) is 6.04 Å². The lowest BCUT2D eigenvalue weighted by Gasteiger charge is -2.17.